The first-order valence-electron chi connectivity index (χ1n) is 6.18. The van der Waals surface area contributed by atoms with E-state index in [4.69, 9.17) is 0 Å². The van der Waals surface area contributed by atoms with Crippen molar-refractivity contribution in [1.82, 2.24) is 5.32 Å². The molecule has 0 aliphatic rings. The summed E-state index contributed by atoms with van der Waals surface area (Å²) in [4.78, 5) is 11.3. The van der Waals surface area contributed by atoms with Crippen LogP contribution in [0, 0.1) is 5.92 Å². The quantitative estimate of drug-likeness (QED) is 0.481. The van der Waals surface area contributed by atoms with Gasteiger partial charge in [0.15, 0.2) is 0 Å². The summed E-state index contributed by atoms with van der Waals surface area (Å²) < 4.78 is 0. The molecule has 0 heterocycles. The standard InChI is InChI=1S/C12H25NOS2/c1-4-5-6-12(14)13-8-10-16-15-9-7-11(2)3/h11H,4-10H2,1-3H3,(H,13,14). The van der Waals surface area contributed by atoms with Crippen molar-refractivity contribution < 1.29 is 4.79 Å². The van der Waals surface area contributed by atoms with Gasteiger partial charge in [-0.15, -0.1) is 0 Å². The lowest BCUT2D eigenvalue weighted by Crippen LogP contribution is -2.25. The van der Waals surface area contributed by atoms with Crippen molar-refractivity contribution in [1.29, 1.82) is 0 Å². The van der Waals surface area contributed by atoms with Crippen molar-refractivity contribution >= 4 is 27.5 Å². The van der Waals surface area contributed by atoms with Gasteiger partial charge in [-0.05, 0) is 18.8 Å². The second kappa shape index (κ2) is 11.6. The first kappa shape index (κ1) is 16.2. The molecule has 0 radical (unpaired) electrons. The first-order chi connectivity index (χ1) is 7.66. The maximum absolute atomic E-state index is 11.3. The molecule has 0 aliphatic carbocycles. The molecule has 0 aliphatic heterocycles. The van der Waals surface area contributed by atoms with Crippen molar-refractivity contribution in [2.24, 2.45) is 5.92 Å². The maximum Gasteiger partial charge on any atom is 0.220 e. The lowest BCUT2D eigenvalue weighted by Gasteiger charge is -2.05. The highest BCUT2D eigenvalue weighted by Crippen LogP contribution is 2.22. The summed E-state index contributed by atoms with van der Waals surface area (Å²) in [6, 6.07) is 0. The molecule has 0 aromatic rings. The van der Waals surface area contributed by atoms with Crippen LogP contribution >= 0.6 is 21.6 Å². The molecule has 0 fully saturated rings. The van der Waals surface area contributed by atoms with Gasteiger partial charge in [0, 0.05) is 24.5 Å². The Morgan fingerprint density at radius 3 is 2.56 bits per heavy atom. The molecule has 16 heavy (non-hydrogen) atoms. The minimum atomic E-state index is 0.203. The van der Waals surface area contributed by atoms with E-state index in [0.717, 1.165) is 31.1 Å². The SMILES string of the molecule is CCCCC(=O)NCCSSCCC(C)C. The van der Waals surface area contributed by atoms with Gasteiger partial charge < -0.3 is 5.32 Å². The van der Waals surface area contributed by atoms with E-state index < -0.39 is 0 Å². The molecule has 0 spiro atoms. The number of rotatable bonds is 10. The average molecular weight is 263 g/mol. The van der Waals surface area contributed by atoms with Gasteiger partial charge in [0.1, 0.15) is 0 Å². The van der Waals surface area contributed by atoms with Gasteiger partial charge in [-0.3, -0.25) is 4.79 Å². The molecular weight excluding hydrogens is 238 g/mol. The summed E-state index contributed by atoms with van der Waals surface area (Å²) in [6.45, 7) is 7.41. The van der Waals surface area contributed by atoms with Crippen LogP contribution in [-0.4, -0.2) is 24.0 Å². The fourth-order valence-corrected chi connectivity index (χ4v) is 3.29. The topological polar surface area (TPSA) is 29.1 Å². The number of hydrogen-bond acceptors (Lipinski definition) is 3. The van der Waals surface area contributed by atoms with Crippen molar-refractivity contribution in [3.05, 3.63) is 0 Å². The monoisotopic (exact) mass is 263 g/mol. The Morgan fingerprint density at radius 1 is 1.25 bits per heavy atom. The molecule has 4 heteroatoms. The predicted octanol–water partition coefficient (Wildman–Crippen LogP) is 3.72. The Hall–Kier alpha value is 0.170. The van der Waals surface area contributed by atoms with Gasteiger partial charge in [0.05, 0.1) is 0 Å². The van der Waals surface area contributed by atoms with E-state index in [2.05, 4.69) is 26.1 Å². The molecule has 0 bridgehead atoms. The fraction of sp³-hybridized carbons (Fsp3) is 0.917. The van der Waals surface area contributed by atoms with Crippen LogP contribution in [0.3, 0.4) is 0 Å². The number of carbonyl (C=O) groups is 1. The third-order valence-corrected chi connectivity index (χ3v) is 4.57. The molecule has 2 nitrogen and oxygen atoms in total. The Bertz CT molecular complexity index is 174. The van der Waals surface area contributed by atoms with E-state index in [-0.39, 0.29) is 5.91 Å². The molecule has 0 rings (SSSR count). The van der Waals surface area contributed by atoms with Gasteiger partial charge >= 0.3 is 0 Å². The molecule has 0 unspecified atom stereocenters. The van der Waals surface area contributed by atoms with Crippen LogP contribution in [0.1, 0.15) is 46.5 Å². The molecule has 96 valence electrons. The van der Waals surface area contributed by atoms with Crippen molar-refractivity contribution in [3.8, 4) is 0 Å². The maximum atomic E-state index is 11.3. The normalized spacial score (nSPS) is 10.8. The Labute approximate surface area is 108 Å². The van der Waals surface area contributed by atoms with Crippen LogP contribution in [-0.2, 0) is 4.79 Å². The molecule has 0 aromatic carbocycles. The minimum absolute atomic E-state index is 0.203. The number of hydrogen-bond donors (Lipinski definition) is 1. The lowest BCUT2D eigenvalue weighted by atomic mass is 10.2. The third kappa shape index (κ3) is 12.2. The number of nitrogens with one attached hydrogen (secondary N) is 1. The summed E-state index contributed by atoms with van der Waals surface area (Å²) in [5, 5.41) is 2.94. The molecular formula is C12H25NOS2. The lowest BCUT2D eigenvalue weighted by molar-refractivity contribution is -0.121. The van der Waals surface area contributed by atoms with E-state index in [1.807, 2.05) is 21.6 Å². The van der Waals surface area contributed by atoms with Gasteiger partial charge in [-0.25, -0.2) is 0 Å². The van der Waals surface area contributed by atoms with Gasteiger partial charge in [-0.1, -0.05) is 48.8 Å². The minimum Gasteiger partial charge on any atom is -0.355 e. The van der Waals surface area contributed by atoms with Crippen LogP contribution in [0.5, 0.6) is 0 Å². The largest absolute Gasteiger partial charge is 0.355 e. The van der Waals surface area contributed by atoms with Crippen LogP contribution in [0.15, 0.2) is 0 Å². The molecule has 1 N–H and O–H groups in total. The van der Waals surface area contributed by atoms with E-state index in [1.54, 1.807) is 0 Å². The zero-order valence-corrected chi connectivity index (χ0v) is 12.4. The first-order valence-corrected chi connectivity index (χ1v) is 8.66. The Balaban J connectivity index is 3.11. The van der Waals surface area contributed by atoms with Gasteiger partial charge in [0.2, 0.25) is 5.91 Å². The van der Waals surface area contributed by atoms with Crippen LogP contribution in [0.4, 0.5) is 0 Å². The van der Waals surface area contributed by atoms with Crippen LogP contribution in [0.25, 0.3) is 0 Å². The summed E-state index contributed by atoms with van der Waals surface area (Å²) in [7, 11) is 3.78. The second-order valence-electron chi connectivity index (χ2n) is 4.28. The van der Waals surface area contributed by atoms with E-state index in [0.29, 0.717) is 6.42 Å². The van der Waals surface area contributed by atoms with Gasteiger partial charge in [-0.2, -0.15) is 0 Å². The zero-order valence-electron chi connectivity index (χ0n) is 10.8. The van der Waals surface area contributed by atoms with Crippen molar-refractivity contribution in [2.75, 3.05) is 18.1 Å². The number of unbranched alkanes of at least 4 members (excludes halogenated alkanes) is 1. The Morgan fingerprint density at radius 2 is 1.94 bits per heavy atom. The smallest absolute Gasteiger partial charge is 0.220 e. The summed E-state index contributed by atoms with van der Waals surface area (Å²) >= 11 is 0. The van der Waals surface area contributed by atoms with Crippen LogP contribution in [0.2, 0.25) is 0 Å². The summed E-state index contributed by atoms with van der Waals surface area (Å²) in [5.74, 6) is 3.23. The van der Waals surface area contributed by atoms with E-state index in [1.165, 1.54) is 12.2 Å². The van der Waals surface area contributed by atoms with E-state index in [9.17, 15) is 4.79 Å². The van der Waals surface area contributed by atoms with Crippen molar-refractivity contribution in [3.63, 3.8) is 0 Å². The molecule has 1 amide bonds. The molecule has 0 saturated carbocycles. The molecule has 0 aromatic heterocycles. The van der Waals surface area contributed by atoms with Gasteiger partial charge in [0.25, 0.3) is 0 Å². The summed E-state index contributed by atoms with van der Waals surface area (Å²) in [6.07, 6.45) is 4.05. The highest BCUT2D eigenvalue weighted by atomic mass is 33.1. The predicted molar refractivity (Wildman–Crippen MR) is 76.9 cm³/mol. The second-order valence-corrected chi connectivity index (χ2v) is 6.98. The zero-order chi connectivity index (χ0) is 12.2. The summed E-state index contributed by atoms with van der Waals surface area (Å²) in [5.41, 5.74) is 0. The molecule has 0 saturated heterocycles. The third-order valence-electron chi connectivity index (χ3n) is 2.13. The average Bonchev–Trinajstić information content (AvgIpc) is 2.24. The van der Waals surface area contributed by atoms with Crippen LogP contribution < -0.4 is 5.32 Å². The van der Waals surface area contributed by atoms with Crippen molar-refractivity contribution in [2.45, 2.75) is 46.5 Å². The Kier molecular flexibility index (Phi) is 11.8. The number of carbonyl (C=O) groups excluding carboxylic acids is 1. The molecule has 0 atom stereocenters. The number of amides is 1. The highest BCUT2D eigenvalue weighted by Gasteiger charge is 1.99. The fourth-order valence-electron chi connectivity index (χ4n) is 1.06. The highest BCUT2D eigenvalue weighted by molar-refractivity contribution is 8.76. The van der Waals surface area contributed by atoms with E-state index >= 15 is 0 Å².